The van der Waals surface area contributed by atoms with Crippen LogP contribution in [0.25, 0.3) is 0 Å². The Morgan fingerprint density at radius 1 is 1.42 bits per heavy atom. The molecule has 4 rings (SSSR count). The van der Waals surface area contributed by atoms with E-state index in [2.05, 4.69) is 4.98 Å². The topological polar surface area (TPSA) is 106 Å². The largest absolute Gasteiger partial charge is 0.424 e. The summed E-state index contributed by atoms with van der Waals surface area (Å²) in [4.78, 5) is 15.6. The quantitative estimate of drug-likeness (QED) is 0.791. The van der Waals surface area contributed by atoms with Crippen LogP contribution in [0.3, 0.4) is 0 Å². The van der Waals surface area contributed by atoms with E-state index in [9.17, 15) is 9.36 Å². The second kappa shape index (κ2) is 6.74. The van der Waals surface area contributed by atoms with Crippen molar-refractivity contribution in [2.75, 3.05) is 17.6 Å². The van der Waals surface area contributed by atoms with Crippen LogP contribution in [0.5, 0.6) is 5.75 Å². The Balaban J connectivity index is 1.46. The number of hydrogen-bond donors (Lipinski definition) is 1. The van der Waals surface area contributed by atoms with E-state index in [1.165, 1.54) is 22.4 Å². The maximum absolute atomic E-state index is 13.0. The molecule has 8 nitrogen and oxygen atoms in total. The fourth-order valence-corrected chi connectivity index (χ4v) is 6.25. The van der Waals surface area contributed by atoms with Crippen LogP contribution in [0.2, 0.25) is 0 Å². The van der Waals surface area contributed by atoms with Crippen molar-refractivity contribution in [3.8, 4) is 5.75 Å². The lowest BCUT2D eigenvalue weighted by atomic mass is 10.1. The van der Waals surface area contributed by atoms with Crippen molar-refractivity contribution >= 4 is 25.2 Å². The van der Waals surface area contributed by atoms with Gasteiger partial charge in [-0.2, -0.15) is 4.98 Å². The van der Waals surface area contributed by atoms with E-state index in [1.54, 1.807) is 6.20 Å². The molecule has 0 amide bonds. The van der Waals surface area contributed by atoms with Crippen molar-refractivity contribution in [2.24, 2.45) is 0 Å². The second-order valence-electron chi connectivity index (χ2n) is 6.12. The fourth-order valence-electron chi connectivity index (χ4n) is 2.89. The summed E-state index contributed by atoms with van der Waals surface area (Å²) in [7, 11) is -3.33. The van der Waals surface area contributed by atoms with Gasteiger partial charge >= 0.3 is 13.3 Å². The lowest BCUT2D eigenvalue weighted by molar-refractivity contribution is 0.0225. The highest BCUT2D eigenvalue weighted by Crippen LogP contribution is 2.56. The number of ether oxygens (including phenoxy) is 1. The average molecular weight is 395 g/mol. The van der Waals surface area contributed by atoms with Crippen LogP contribution in [-0.2, 0) is 20.4 Å². The van der Waals surface area contributed by atoms with Crippen molar-refractivity contribution in [3.63, 3.8) is 0 Å². The molecule has 26 heavy (non-hydrogen) atoms. The highest BCUT2D eigenvalue weighted by atomic mass is 32.2. The lowest BCUT2D eigenvalue weighted by Crippen LogP contribution is -2.29. The van der Waals surface area contributed by atoms with Gasteiger partial charge < -0.3 is 15.0 Å². The Labute approximate surface area is 154 Å². The summed E-state index contributed by atoms with van der Waals surface area (Å²) < 4.78 is 31.5. The summed E-state index contributed by atoms with van der Waals surface area (Å²) in [6.45, 7) is 2.16. The summed E-state index contributed by atoms with van der Waals surface area (Å²) in [6.07, 6.45) is 1.17. The Kier molecular flexibility index (Phi) is 4.56. The number of aryl methyl sites for hydroxylation is 1. The van der Waals surface area contributed by atoms with Crippen LogP contribution in [0.4, 0.5) is 5.82 Å². The summed E-state index contributed by atoms with van der Waals surface area (Å²) in [5, 5.41) is 0. The van der Waals surface area contributed by atoms with E-state index >= 15 is 0 Å². The summed E-state index contributed by atoms with van der Waals surface area (Å²) >= 11 is 1.46. The van der Waals surface area contributed by atoms with Gasteiger partial charge in [0.25, 0.3) is 0 Å². The van der Waals surface area contributed by atoms with E-state index in [0.717, 1.165) is 11.1 Å². The number of nitrogen functional groups attached to an aromatic ring is 1. The first-order valence-corrected chi connectivity index (χ1v) is 10.8. The molecule has 2 N–H and O–H groups in total. The van der Waals surface area contributed by atoms with Crippen molar-refractivity contribution in [1.82, 2.24) is 9.55 Å². The Hall–Kier alpha value is -1.80. The molecular formula is C16H18N3O5PS. The first kappa shape index (κ1) is 17.6. The van der Waals surface area contributed by atoms with Gasteiger partial charge in [0.1, 0.15) is 23.2 Å². The molecule has 1 aromatic carbocycles. The first-order valence-electron chi connectivity index (χ1n) is 8.07. The maximum Gasteiger partial charge on any atom is 0.383 e. The SMILES string of the molecule is Cc1cccc2c1OP(=O)(C[C@@H]1O[C@H](n3ccc(N)nc3=O)CS1)OC2. The molecule has 0 bridgehead atoms. The number of aromatic nitrogens is 2. The predicted molar refractivity (Wildman–Crippen MR) is 98.3 cm³/mol. The summed E-state index contributed by atoms with van der Waals surface area (Å²) in [5.41, 5.74) is 6.43. The Morgan fingerprint density at radius 2 is 2.27 bits per heavy atom. The highest BCUT2D eigenvalue weighted by molar-refractivity contribution is 8.00. The normalized spacial score (nSPS) is 27.7. The minimum absolute atomic E-state index is 0.110. The molecule has 2 aliphatic heterocycles. The van der Waals surface area contributed by atoms with Gasteiger partial charge in [-0.1, -0.05) is 18.2 Å². The molecule has 138 valence electrons. The fraction of sp³-hybridized carbons (Fsp3) is 0.375. The molecule has 0 saturated carbocycles. The minimum atomic E-state index is -3.33. The number of benzene rings is 1. The molecule has 0 radical (unpaired) electrons. The molecule has 1 fully saturated rings. The zero-order valence-corrected chi connectivity index (χ0v) is 15.7. The average Bonchev–Trinajstić information content (AvgIpc) is 3.03. The first-order chi connectivity index (χ1) is 12.4. The van der Waals surface area contributed by atoms with Crippen LogP contribution in [0.1, 0.15) is 17.4 Å². The number of thioether (sulfide) groups is 1. The summed E-state index contributed by atoms with van der Waals surface area (Å²) in [5.74, 6) is 1.32. The third kappa shape index (κ3) is 3.40. The number of nitrogens with zero attached hydrogens (tertiary/aromatic N) is 2. The lowest BCUT2D eigenvalue weighted by Gasteiger charge is -2.28. The van der Waals surface area contributed by atoms with Gasteiger partial charge in [0, 0.05) is 17.5 Å². The zero-order chi connectivity index (χ0) is 18.3. The van der Waals surface area contributed by atoms with Crippen molar-refractivity contribution in [1.29, 1.82) is 0 Å². The van der Waals surface area contributed by atoms with Gasteiger partial charge in [-0.15, -0.1) is 11.8 Å². The Morgan fingerprint density at radius 3 is 3.08 bits per heavy atom. The van der Waals surface area contributed by atoms with Crippen molar-refractivity contribution in [2.45, 2.75) is 25.2 Å². The van der Waals surface area contributed by atoms with Gasteiger partial charge in [-0.25, -0.2) is 9.36 Å². The standard InChI is InChI=1S/C16H18N3O5PS/c1-10-3-2-4-11-7-22-25(21,24-15(10)11)8-14-23-13(9-26-14)19-6-5-12(17)18-16(19)20/h2-6,13-14H,7-9H2,1H3,(H2,17,18,20)/t13-,14+,25?/m0/s1. The molecule has 3 atom stereocenters. The molecule has 0 aliphatic carbocycles. The molecule has 2 aliphatic rings. The van der Waals surface area contributed by atoms with Crippen molar-refractivity contribution in [3.05, 3.63) is 52.1 Å². The van der Waals surface area contributed by atoms with E-state index in [0.29, 0.717) is 11.5 Å². The molecule has 1 aromatic heterocycles. The van der Waals surface area contributed by atoms with Crippen LogP contribution >= 0.6 is 19.4 Å². The third-order valence-corrected chi connectivity index (χ3v) is 7.34. The smallest absolute Gasteiger partial charge is 0.383 e. The van der Waals surface area contributed by atoms with Gasteiger partial charge in [0.15, 0.2) is 0 Å². The summed E-state index contributed by atoms with van der Waals surface area (Å²) in [6, 6.07) is 7.25. The maximum atomic E-state index is 13.0. The van der Waals surface area contributed by atoms with Gasteiger partial charge in [-0.05, 0) is 18.6 Å². The predicted octanol–water partition coefficient (Wildman–Crippen LogP) is 2.52. The van der Waals surface area contributed by atoms with Gasteiger partial charge in [-0.3, -0.25) is 9.09 Å². The molecule has 0 spiro atoms. The second-order valence-corrected chi connectivity index (χ2v) is 9.34. The van der Waals surface area contributed by atoms with Crippen molar-refractivity contribution < 1.29 is 18.3 Å². The molecule has 10 heteroatoms. The monoisotopic (exact) mass is 395 g/mol. The molecule has 2 aromatic rings. The molecule has 1 saturated heterocycles. The van der Waals surface area contributed by atoms with Crippen LogP contribution in [0, 0.1) is 6.92 Å². The number of fused-ring (bicyclic) bond motifs is 1. The molecular weight excluding hydrogens is 377 g/mol. The van der Waals surface area contributed by atoms with Crippen LogP contribution in [-0.4, -0.2) is 26.9 Å². The Bertz CT molecular complexity index is 950. The van der Waals surface area contributed by atoms with Gasteiger partial charge in [0.2, 0.25) is 0 Å². The van der Waals surface area contributed by atoms with E-state index in [4.69, 9.17) is 19.5 Å². The number of para-hydroxylation sites is 1. The van der Waals surface area contributed by atoms with E-state index in [-0.39, 0.29) is 18.6 Å². The number of hydrogen-bond acceptors (Lipinski definition) is 8. The van der Waals surface area contributed by atoms with Gasteiger partial charge in [0.05, 0.1) is 12.8 Å². The number of rotatable bonds is 3. The van der Waals surface area contributed by atoms with Crippen LogP contribution in [0.15, 0.2) is 35.3 Å². The number of nitrogens with two attached hydrogens (primary N) is 1. The third-order valence-electron chi connectivity index (χ3n) is 4.21. The number of anilines is 1. The molecule has 3 heterocycles. The van der Waals surface area contributed by atoms with Crippen LogP contribution < -0.4 is 15.9 Å². The zero-order valence-electron chi connectivity index (χ0n) is 14.0. The minimum Gasteiger partial charge on any atom is -0.424 e. The molecule has 1 unspecified atom stereocenters. The van der Waals surface area contributed by atoms with E-state index < -0.39 is 24.9 Å². The highest BCUT2D eigenvalue weighted by Gasteiger charge is 2.39. The van der Waals surface area contributed by atoms with E-state index in [1.807, 2.05) is 25.1 Å².